The first-order chi connectivity index (χ1) is 12.6. The van der Waals surface area contributed by atoms with Crippen molar-refractivity contribution in [1.29, 1.82) is 0 Å². The first-order valence-electron chi connectivity index (χ1n) is 8.97. The lowest BCUT2D eigenvalue weighted by molar-refractivity contribution is -0.122. The van der Waals surface area contributed by atoms with Crippen LogP contribution < -0.4 is 4.74 Å². The van der Waals surface area contributed by atoms with Crippen LogP contribution in [0.1, 0.15) is 28.2 Å². The summed E-state index contributed by atoms with van der Waals surface area (Å²) in [5.41, 5.74) is 2.16. The summed E-state index contributed by atoms with van der Waals surface area (Å²) < 4.78 is 11.9. The van der Waals surface area contributed by atoms with Crippen LogP contribution in [0, 0.1) is 19.8 Å². The van der Waals surface area contributed by atoms with Crippen LogP contribution in [-0.2, 0) is 4.74 Å². The number of amides is 1. The van der Waals surface area contributed by atoms with Gasteiger partial charge in [-0.1, -0.05) is 0 Å². The second-order valence-electron chi connectivity index (χ2n) is 7.20. The molecule has 0 radical (unpaired) electrons. The minimum absolute atomic E-state index is 0.0478. The van der Waals surface area contributed by atoms with E-state index in [4.69, 9.17) is 9.47 Å². The van der Waals surface area contributed by atoms with Crippen LogP contribution in [0.25, 0.3) is 0 Å². The Kier molecular flexibility index (Phi) is 4.36. The third-order valence-electron chi connectivity index (χ3n) is 5.22. The number of rotatable bonds is 4. The Labute approximate surface area is 153 Å². The summed E-state index contributed by atoms with van der Waals surface area (Å²) in [5, 5.41) is 0. The number of carbonyl (C=O) groups is 1. The third-order valence-corrected chi connectivity index (χ3v) is 5.22. The summed E-state index contributed by atoms with van der Waals surface area (Å²) >= 11 is 0. The summed E-state index contributed by atoms with van der Waals surface area (Å²) in [5.74, 6) is 1.10. The molecule has 0 bridgehead atoms. The normalized spacial score (nSPS) is 20.8. The molecule has 2 aliphatic rings. The highest BCUT2D eigenvalue weighted by molar-refractivity contribution is 5.95. The quantitative estimate of drug-likeness (QED) is 0.844. The summed E-state index contributed by atoms with van der Waals surface area (Å²) in [6.07, 6.45) is 4.40. The lowest BCUT2D eigenvalue weighted by Crippen LogP contribution is -2.66. The largest absolute Gasteiger partial charge is 0.492 e. The van der Waals surface area contributed by atoms with Gasteiger partial charge in [-0.05, 0) is 44.5 Å². The van der Waals surface area contributed by atoms with E-state index >= 15 is 0 Å². The molecule has 2 aromatic rings. The number of likely N-dealkylation sites (tertiary alicyclic amines) is 1. The summed E-state index contributed by atoms with van der Waals surface area (Å²) in [6, 6.07) is 7.45. The van der Waals surface area contributed by atoms with Crippen molar-refractivity contribution in [3.8, 4) is 5.75 Å². The van der Waals surface area contributed by atoms with Crippen LogP contribution in [0.4, 0.5) is 0 Å². The van der Waals surface area contributed by atoms with Gasteiger partial charge in [0.15, 0.2) is 0 Å². The van der Waals surface area contributed by atoms with Crippen molar-refractivity contribution in [3.05, 3.63) is 53.6 Å². The van der Waals surface area contributed by atoms with E-state index in [2.05, 4.69) is 9.97 Å². The maximum atomic E-state index is 12.8. The molecule has 136 valence electrons. The molecule has 6 heteroatoms. The van der Waals surface area contributed by atoms with Gasteiger partial charge in [0.25, 0.3) is 5.91 Å². The zero-order valence-corrected chi connectivity index (χ0v) is 15.1. The van der Waals surface area contributed by atoms with E-state index in [1.165, 1.54) is 0 Å². The van der Waals surface area contributed by atoms with Crippen molar-refractivity contribution in [1.82, 2.24) is 14.9 Å². The zero-order valence-electron chi connectivity index (χ0n) is 15.1. The van der Waals surface area contributed by atoms with Gasteiger partial charge >= 0.3 is 0 Å². The topological polar surface area (TPSA) is 64.6 Å². The number of nitrogens with zero attached hydrogens (tertiary/aromatic N) is 3. The molecule has 26 heavy (non-hydrogen) atoms. The molecular formula is C20H23N3O3. The van der Waals surface area contributed by atoms with E-state index < -0.39 is 0 Å². The van der Waals surface area contributed by atoms with Crippen molar-refractivity contribution in [3.63, 3.8) is 0 Å². The summed E-state index contributed by atoms with van der Waals surface area (Å²) in [6.45, 7) is 6.36. The van der Waals surface area contributed by atoms with Gasteiger partial charge in [0.1, 0.15) is 11.4 Å². The monoisotopic (exact) mass is 353 g/mol. The molecule has 2 aromatic heterocycles. The Hall–Kier alpha value is -2.47. The second kappa shape index (κ2) is 6.68. The molecule has 1 unspecified atom stereocenters. The fraction of sp³-hybridized carbons (Fsp3) is 0.450. The van der Waals surface area contributed by atoms with E-state index in [1.807, 2.05) is 43.0 Å². The number of hydrogen-bond donors (Lipinski definition) is 0. The molecule has 1 spiro atoms. The molecule has 2 aliphatic heterocycles. The SMILES string of the molecule is Cc1cc(C(=O)N2CC3(C2)OCCC3COc2cccnc2)cc(C)n1. The Balaban J connectivity index is 1.39. The molecule has 1 atom stereocenters. The van der Waals surface area contributed by atoms with Gasteiger partial charge in [-0.25, -0.2) is 0 Å². The lowest BCUT2D eigenvalue weighted by atomic mass is 9.81. The van der Waals surface area contributed by atoms with Crippen molar-refractivity contribution < 1.29 is 14.3 Å². The number of carbonyl (C=O) groups excluding carboxylic acids is 1. The highest BCUT2D eigenvalue weighted by Crippen LogP contribution is 2.40. The van der Waals surface area contributed by atoms with Crippen molar-refractivity contribution in [2.24, 2.45) is 5.92 Å². The highest BCUT2D eigenvalue weighted by Gasteiger charge is 2.54. The Morgan fingerprint density at radius 3 is 2.81 bits per heavy atom. The molecule has 6 nitrogen and oxygen atoms in total. The number of ether oxygens (including phenoxy) is 2. The predicted molar refractivity (Wildman–Crippen MR) is 96.1 cm³/mol. The molecule has 1 amide bonds. The predicted octanol–water partition coefficient (Wildman–Crippen LogP) is 2.40. The minimum atomic E-state index is -0.269. The summed E-state index contributed by atoms with van der Waals surface area (Å²) in [7, 11) is 0. The van der Waals surface area contributed by atoms with E-state index in [1.54, 1.807) is 12.4 Å². The van der Waals surface area contributed by atoms with Crippen LogP contribution >= 0.6 is 0 Å². The molecule has 2 fully saturated rings. The first kappa shape index (κ1) is 17.0. The van der Waals surface area contributed by atoms with Gasteiger partial charge in [0.05, 0.1) is 25.9 Å². The number of pyridine rings is 2. The smallest absolute Gasteiger partial charge is 0.254 e. The minimum Gasteiger partial charge on any atom is -0.492 e. The molecule has 4 rings (SSSR count). The molecular weight excluding hydrogens is 330 g/mol. The van der Waals surface area contributed by atoms with Crippen LogP contribution in [0.15, 0.2) is 36.7 Å². The lowest BCUT2D eigenvalue weighted by Gasteiger charge is -2.50. The number of aromatic nitrogens is 2. The van der Waals surface area contributed by atoms with Crippen LogP contribution in [0.5, 0.6) is 5.75 Å². The molecule has 0 saturated carbocycles. The van der Waals surface area contributed by atoms with Gasteiger partial charge in [0, 0.05) is 35.7 Å². The fourth-order valence-corrected chi connectivity index (χ4v) is 3.88. The standard InChI is InChI=1S/C20H23N3O3/c1-14-8-16(9-15(2)22-14)19(24)23-12-20(13-23)17(5-7-26-20)11-25-18-4-3-6-21-10-18/h3-4,6,8-10,17H,5,7,11-13H2,1-2H3. The second-order valence-corrected chi connectivity index (χ2v) is 7.20. The molecule has 2 saturated heterocycles. The molecule has 0 N–H and O–H groups in total. The maximum Gasteiger partial charge on any atom is 0.254 e. The van der Waals surface area contributed by atoms with Crippen LogP contribution in [0.2, 0.25) is 0 Å². The number of aryl methyl sites for hydroxylation is 2. The number of hydrogen-bond acceptors (Lipinski definition) is 5. The van der Waals surface area contributed by atoms with Gasteiger partial charge < -0.3 is 14.4 Å². The van der Waals surface area contributed by atoms with Gasteiger partial charge in [-0.3, -0.25) is 14.8 Å². The average Bonchev–Trinajstić information content (AvgIpc) is 3.02. The fourth-order valence-electron chi connectivity index (χ4n) is 3.88. The van der Waals surface area contributed by atoms with Gasteiger partial charge in [-0.2, -0.15) is 0 Å². The molecule has 4 heterocycles. The van der Waals surface area contributed by atoms with Crippen LogP contribution in [0.3, 0.4) is 0 Å². The Morgan fingerprint density at radius 2 is 2.12 bits per heavy atom. The van der Waals surface area contributed by atoms with Gasteiger partial charge in [0.2, 0.25) is 0 Å². The van der Waals surface area contributed by atoms with E-state index in [9.17, 15) is 4.79 Å². The molecule has 0 aliphatic carbocycles. The van der Waals surface area contributed by atoms with E-state index in [-0.39, 0.29) is 17.4 Å². The van der Waals surface area contributed by atoms with Crippen molar-refractivity contribution in [2.75, 3.05) is 26.3 Å². The van der Waals surface area contributed by atoms with Gasteiger partial charge in [-0.15, -0.1) is 0 Å². The third kappa shape index (κ3) is 3.17. The van der Waals surface area contributed by atoms with E-state index in [0.29, 0.717) is 25.3 Å². The first-order valence-corrected chi connectivity index (χ1v) is 8.97. The maximum absolute atomic E-state index is 12.8. The highest BCUT2D eigenvalue weighted by atomic mass is 16.5. The average molecular weight is 353 g/mol. The Morgan fingerprint density at radius 1 is 1.35 bits per heavy atom. The van der Waals surface area contributed by atoms with Crippen molar-refractivity contribution >= 4 is 5.91 Å². The zero-order chi connectivity index (χ0) is 18.1. The Bertz CT molecular complexity index is 783. The van der Waals surface area contributed by atoms with Crippen LogP contribution in [-0.4, -0.2) is 52.7 Å². The van der Waals surface area contributed by atoms with Crippen molar-refractivity contribution in [2.45, 2.75) is 25.9 Å². The summed E-state index contributed by atoms with van der Waals surface area (Å²) in [4.78, 5) is 23.0. The molecule has 0 aromatic carbocycles. The van der Waals surface area contributed by atoms with E-state index in [0.717, 1.165) is 30.2 Å².